The highest BCUT2D eigenvalue weighted by molar-refractivity contribution is 7.99. The second-order valence-electron chi connectivity index (χ2n) is 5.61. The van der Waals surface area contributed by atoms with E-state index in [2.05, 4.69) is 15.5 Å². The molecule has 3 aromatic rings. The van der Waals surface area contributed by atoms with Crippen LogP contribution in [0.25, 0.3) is 11.4 Å². The van der Waals surface area contributed by atoms with Crippen molar-refractivity contribution in [3.8, 4) is 11.4 Å². The van der Waals surface area contributed by atoms with E-state index in [0.717, 1.165) is 5.56 Å². The molecule has 28 heavy (non-hydrogen) atoms. The van der Waals surface area contributed by atoms with E-state index in [1.54, 1.807) is 6.07 Å². The van der Waals surface area contributed by atoms with Crippen molar-refractivity contribution in [1.82, 2.24) is 14.8 Å². The highest BCUT2D eigenvalue weighted by atomic mass is 35.5. The molecule has 0 fully saturated rings. The van der Waals surface area contributed by atoms with Gasteiger partial charge in [-0.15, -0.1) is 10.2 Å². The molecule has 0 aliphatic carbocycles. The lowest BCUT2D eigenvalue weighted by molar-refractivity contribution is -0.113. The van der Waals surface area contributed by atoms with Crippen LogP contribution in [-0.4, -0.2) is 26.4 Å². The molecule has 1 heterocycles. The lowest BCUT2D eigenvalue weighted by Crippen LogP contribution is -2.15. The molecule has 0 aliphatic heterocycles. The highest BCUT2D eigenvalue weighted by Gasteiger charge is 2.17. The number of thioether (sulfide) groups is 1. The summed E-state index contributed by atoms with van der Waals surface area (Å²) in [5, 5.41) is 13.3. The molecule has 3 rings (SSSR count). The Morgan fingerprint density at radius 2 is 1.75 bits per heavy atom. The maximum Gasteiger partial charge on any atom is 0.234 e. The molecule has 5 nitrogen and oxygen atoms in total. The van der Waals surface area contributed by atoms with E-state index in [0.29, 0.717) is 33.3 Å². The maximum atomic E-state index is 12.3. The summed E-state index contributed by atoms with van der Waals surface area (Å²) in [6.07, 6.45) is 0. The molecule has 0 atom stereocenters. The van der Waals surface area contributed by atoms with Crippen molar-refractivity contribution in [2.24, 2.45) is 0 Å². The first-order valence-electron chi connectivity index (χ1n) is 8.16. The van der Waals surface area contributed by atoms with Gasteiger partial charge in [-0.3, -0.25) is 4.79 Å². The number of nitrogens with zero attached hydrogens (tertiary/aromatic N) is 3. The van der Waals surface area contributed by atoms with E-state index < -0.39 is 0 Å². The molecular weight excluding hydrogens is 462 g/mol. The molecule has 0 unspecified atom stereocenters. The Labute approximate surface area is 186 Å². The third-order valence-electron chi connectivity index (χ3n) is 3.75. The lowest BCUT2D eigenvalue weighted by Gasteiger charge is -2.10. The zero-order valence-electron chi connectivity index (χ0n) is 14.5. The van der Waals surface area contributed by atoms with Crippen LogP contribution in [0.5, 0.6) is 0 Å². The summed E-state index contributed by atoms with van der Waals surface area (Å²) in [6.45, 7) is 2.60. The molecule has 0 radical (unpaired) electrons. The molecule has 146 valence electrons. The summed E-state index contributed by atoms with van der Waals surface area (Å²) < 4.78 is 1.90. The van der Waals surface area contributed by atoms with Gasteiger partial charge in [-0.1, -0.05) is 70.3 Å². The van der Waals surface area contributed by atoms with E-state index in [1.807, 2.05) is 29.7 Å². The molecular formula is C18H14Cl4N4OS. The van der Waals surface area contributed by atoms with Crippen LogP contribution in [-0.2, 0) is 11.3 Å². The molecule has 0 saturated heterocycles. The van der Waals surface area contributed by atoms with Crippen LogP contribution < -0.4 is 5.32 Å². The first kappa shape index (κ1) is 21.3. The minimum atomic E-state index is -0.277. The van der Waals surface area contributed by atoms with Crippen molar-refractivity contribution in [3.05, 3.63) is 56.5 Å². The second-order valence-corrected chi connectivity index (χ2v) is 8.21. The number of rotatable bonds is 6. The van der Waals surface area contributed by atoms with Gasteiger partial charge in [0.2, 0.25) is 5.91 Å². The van der Waals surface area contributed by atoms with Crippen molar-refractivity contribution < 1.29 is 4.79 Å². The van der Waals surface area contributed by atoms with Crippen LogP contribution in [0.4, 0.5) is 5.69 Å². The van der Waals surface area contributed by atoms with Crippen LogP contribution in [0.1, 0.15) is 6.92 Å². The fraction of sp³-hybridized carbons (Fsp3) is 0.167. The van der Waals surface area contributed by atoms with Gasteiger partial charge in [-0.25, -0.2) is 0 Å². The van der Waals surface area contributed by atoms with E-state index in [9.17, 15) is 4.79 Å². The van der Waals surface area contributed by atoms with Gasteiger partial charge in [-0.05, 0) is 31.2 Å². The summed E-state index contributed by atoms with van der Waals surface area (Å²) in [6, 6.07) is 10.4. The highest BCUT2D eigenvalue weighted by Crippen LogP contribution is 2.34. The van der Waals surface area contributed by atoms with Crippen molar-refractivity contribution in [1.29, 1.82) is 0 Å². The largest absolute Gasteiger partial charge is 0.323 e. The number of aromatic nitrogens is 3. The van der Waals surface area contributed by atoms with E-state index >= 15 is 0 Å². The first-order valence-corrected chi connectivity index (χ1v) is 10.7. The predicted octanol–water partition coefficient (Wildman–Crippen LogP) is 6.31. The van der Waals surface area contributed by atoms with E-state index in [-0.39, 0.29) is 21.7 Å². The Morgan fingerprint density at radius 3 is 2.39 bits per heavy atom. The SMILES string of the molecule is CCn1c(SCC(=O)Nc2c(Cl)cc(Cl)cc2Cl)nnc1-c1ccccc1Cl. The standard InChI is InChI=1S/C18H14Cl4N4OS/c1-2-26-17(11-5-3-4-6-12(11)20)24-25-18(26)28-9-15(27)23-16-13(21)7-10(19)8-14(16)22/h3-8H,2,9H2,1H3,(H,23,27). The van der Waals surface area contributed by atoms with Crippen LogP contribution in [0.15, 0.2) is 41.6 Å². The summed E-state index contributed by atoms with van der Waals surface area (Å²) in [5.74, 6) is 0.483. The van der Waals surface area contributed by atoms with Gasteiger partial charge in [0.15, 0.2) is 11.0 Å². The van der Waals surface area contributed by atoms with Crippen LogP contribution in [0, 0.1) is 0 Å². The Hall–Kier alpha value is -1.44. The molecule has 1 amide bonds. The Kier molecular flexibility index (Phi) is 7.12. The number of benzene rings is 2. The Morgan fingerprint density at radius 1 is 1.07 bits per heavy atom. The molecule has 1 N–H and O–H groups in total. The Balaban J connectivity index is 1.73. The van der Waals surface area contributed by atoms with Gasteiger partial charge in [0.05, 0.1) is 26.5 Å². The van der Waals surface area contributed by atoms with Gasteiger partial charge < -0.3 is 9.88 Å². The summed E-state index contributed by atoms with van der Waals surface area (Å²) in [4.78, 5) is 12.3. The van der Waals surface area contributed by atoms with Gasteiger partial charge >= 0.3 is 0 Å². The molecule has 0 bridgehead atoms. The predicted molar refractivity (Wildman–Crippen MR) is 117 cm³/mol. The van der Waals surface area contributed by atoms with Crippen molar-refractivity contribution in [3.63, 3.8) is 0 Å². The van der Waals surface area contributed by atoms with Crippen LogP contribution in [0.2, 0.25) is 20.1 Å². The minimum Gasteiger partial charge on any atom is -0.323 e. The average molecular weight is 476 g/mol. The molecule has 1 aromatic heterocycles. The minimum absolute atomic E-state index is 0.107. The monoisotopic (exact) mass is 474 g/mol. The summed E-state index contributed by atoms with van der Waals surface area (Å²) in [5.41, 5.74) is 1.11. The summed E-state index contributed by atoms with van der Waals surface area (Å²) in [7, 11) is 0. The zero-order chi connectivity index (χ0) is 20.3. The molecule has 2 aromatic carbocycles. The topological polar surface area (TPSA) is 59.8 Å². The van der Waals surface area contributed by atoms with Crippen molar-refractivity contribution in [2.75, 3.05) is 11.1 Å². The zero-order valence-corrected chi connectivity index (χ0v) is 18.4. The number of amides is 1. The smallest absolute Gasteiger partial charge is 0.234 e. The Bertz CT molecular complexity index is 1000. The van der Waals surface area contributed by atoms with Gasteiger partial charge in [0.1, 0.15) is 0 Å². The molecule has 0 aliphatic rings. The fourth-order valence-electron chi connectivity index (χ4n) is 2.49. The van der Waals surface area contributed by atoms with Crippen molar-refractivity contribution in [2.45, 2.75) is 18.6 Å². The third kappa shape index (κ3) is 4.75. The molecule has 10 heteroatoms. The number of carbonyl (C=O) groups is 1. The van der Waals surface area contributed by atoms with Crippen LogP contribution in [0.3, 0.4) is 0 Å². The van der Waals surface area contributed by atoms with Gasteiger partial charge in [0, 0.05) is 17.1 Å². The molecule has 0 spiro atoms. The van der Waals surface area contributed by atoms with Gasteiger partial charge in [0.25, 0.3) is 0 Å². The third-order valence-corrected chi connectivity index (χ3v) is 5.86. The second kappa shape index (κ2) is 9.37. The quantitative estimate of drug-likeness (QED) is 0.424. The fourth-order valence-corrected chi connectivity index (χ4v) is 4.42. The number of anilines is 1. The number of hydrogen-bond donors (Lipinski definition) is 1. The molecule has 0 saturated carbocycles. The number of carbonyl (C=O) groups excluding carboxylic acids is 1. The maximum absolute atomic E-state index is 12.3. The van der Waals surface area contributed by atoms with Crippen molar-refractivity contribution >= 4 is 69.8 Å². The van der Waals surface area contributed by atoms with Gasteiger partial charge in [-0.2, -0.15) is 0 Å². The average Bonchev–Trinajstić information content (AvgIpc) is 3.06. The number of halogens is 4. The summed E-state index contributed by atoms with van der Waals surface area (Å²) >= 11 is 25.6. The van der Waals surface area contributed by atoms with Crippen LogP contribution >= 0.6 is 58.2 Å². The van der Waals surface area contributed by atoms with E-state index in [4.69, 9.17) is 46.4 Å². The van der Waals surface area contributed by atoms with E-state index in [1.165, 1.54) is 23.9 Å². The number of nitrogens with one attached hydrogen (secondary N) is 1. The first-order chi connectivity index (χ1) is 13.4. The lowest BCUT2D eigenvalue weighted by atomic mass is 10.2. The normalized spacial score (nSPS) is 10.9. The number of hydrogen-bond acceptors (Lipinski definition) is 4.